The van der Waals surface area contributed by atoms with E-state index in [0.717, 1.165) is 17.7 Å². The monoisotopic (exact) mass is 375 g/mol. The number of ether oxygens (including phenoxy) is 1. The lowest BCUT2D eigenvalue weighted by Gasteiger charge is -2.16. The minimum absolute atomic E-state index is 0.225. The van der Waals surface area contributed by atoms with Crippen molar-refractivity contribution in [2.45, 2.75) is 6.42 Å². The van der Waals surface area contributed by atoms with Crippen LogP contribution in [0.2, 0.25) is 0 Å². The Morgan fingerprint density at radius 2 is 2.09 bits per heavy atom. The Labute approximate surface area is 141 Å². The number of nitrogens with zero attached hydrogens (tertiary/aromatic N) is 1. The van der Waals surface area contributed by atoms with E-state index in [1.807, 2.05) is 24.3 Å². The number of anilines is 1. The van der Waals surface area contributed by atoms with Gasteiger partial charge in [-0.05, 0) is 52.2 Å². The SMILES string of the molecule is O=C(/C=C/c1ccc(Br)o1)OCC(=O)N1CCc2ccccc21. The predicted octanol–water partition coefficient (Wildman–Crippen LogP) is 3.19. The third-order valence-electron chi connectivity index (χ3n) is 3.50. The predicted molar refractivity (Wildman–Crippen MR) is 88.9 cm³/mol. The number of para-hydroxylation sites is 1. The van der Waals surface area contributed by atoms with E-state index in [-0.39, 0.29) is 12.5 Å². The molecular formula is C17H14BrNO4. The van der Waals surface area contributed by atoms with E-state index in [0.29, 0.717) is 17.0 Å². The Morgan fingerprint density at radius 1 is 1.26 bits per heavy atom. The van der Waals surface area contributed by atoms with Crippen LogP contribution in [0.15, 0.2) is 51.6 Å². The summed E-state index contributed by atoms with van der Waals surface area (Å²) < 4.78 is 10.8. The minimum Gasteiger partial charge on any atom is -0.452 e. The summed E-state index contributed by atoms with van der Waals surface area (Å²) in [7, 11) is 0. The molecule has 0 N–H and O–H groups in total. The standard InChI is InChI=1S/C17H14BrNO4/c18-15-7-5-13(23-15)6-8-17(21)22-11-16(20)19-10-9-12-3-1-2-4-14(12)19/h1-8H,9-11H2/b8-6+. The van der Waals surface area contributed by atoms with Crippen LogP contribution >= 0.6 is 15.9 Å². The molecular weight excluding hydrogens is 362 g/mol. The molecule has 0 spiro atoms. The second-order valence-corrected chi connectivity index (χ2v) is 5.79. The van der Waals surface area contributed by atoms with E-state index < -0.39 is 5.97 Å². The second-order valence-electron chi connectivity index (χ2n) is 5.01. The van der Waals surface area contributed by atoms with Crippen LogP contribution in [0.1, 0.15) is 11.3 Å². The summed E-state index contributed by atoms with van der Waals surface area (Å²) in [5.74, 6) is -0.288. The molecule has 5 nitrogen and oxygen atoms in total. The van der Waals surface area contributed by atoms with E-state index in [9.17, 15) is 9.59 Å². The van der Waals surface area contributed by atoms with Gasteiger partial charge in [-0.1, -0.05) is 18.2 Å². The van der Waals surface area contributed by atoms with Crippen molar-refractivity contribution in [3.63, 3.8) is 0 Å². The van der Waals surface area contributed by atoms with Gasteiger partial charge >= 0.3 is 5.97 Å². The highest BCUT2D eigenvalue weighted by molar-refractivity contribution is 9.10. The first kappa shape index (κ1) is 15.6. The van der Waals surface area contributed by atoms with Gasteiger partial charge in [0.15, 0.2) is 11.3 Å². The summed E-state index contributed by atoms with van der Waals surface area (Å²) in [5.41, 5.74) is 2.03. The van der Waals surface area contributed by atoms with E-state index in [1.165, 1.54) is 12.2 Å². The summed E-state index contributed by atoms with van der Waals surface area (Å²) in [6.45, 7) is 0.339. The summed E-state index contributed by atoms with van der Waals surface area (Å²) in [5, 5.41) is 0. The average Bonchev–Trinajstić information content (AvgIpc) is 3.16. The molecule has 1 aliphatic heterocycles. The topological polar surface area (TPSA) is 59.8 Å². The third-order valence-corrected chi connectivity index (χ3v) is 3.93. The molecule has 1 aliphatic rings. The van der Waals surface area contributed by atoms with Crippen molar-refractivity contribution in [3.05, 3.63) is 58.5 Å². The lowest BCUT2D eigenvalue weighted by molar-refractivity contribution is -0.142. The maximum Gasteiger partial charge on any atom is 0.331 e. The molecule has 2 aromatic rings. The maximum absolute atomic E-state index is 12.2. The summed E-state index contributed by atoms with van der Waals surface area (Å²) in [6, 6.07) is 11.2. The van der Waals surface area contributed by atoms with Crippen LogP contribution < -0.4 is 4.90 Å². The molecule has 0 saturated carbocycles. The number of benzene rings is 1. The normalized spacial score (nSPS) is 13.3. The van der Waals surface area contributed by atoms with Crippen molar-refractivity contribution in [1.29, 1.82) is 0 Å². The van der Waals surface area contributed by atoms with Gasteiger partial charge in [0.25, 0.3) is 5.91 Å². The van der Waals surface area contributed by atoms with E-state index >= 15 is 0 Å². The van der Waals surface area contributed by atoms with Gasteiger partial charge in [-0.25, -0.2) is 4.79 Å². The quantitative estimate of drug-likeness (QED) is 0.608. The van der Waals surface area contributed by atoms with Gasteiger partial charge in [0, 0.05) is 18.3 Å². The van der Waals surface area contributed by atoms with Gasteiger partial charge in [-0.2, -0.15) is 0 Å². The van der Waals surface area contributed by atoms with E-state index in [4.69, 9.17) is 9.15 Å². The zero-order valence-corrected chi connectivity index (χ0v) is 13.8. The molecule has 2 heterocycles. The van der Waals surface area contributed by atoms with Crippen LogP contribution in [-0.4, -0.2) is 25.0 Å². The van der Waals surface area contributed by atoms with E-state index in [1.54, 1.807) is 17.0 Å². The summed E-state index contributed by atoms with van der Waals surface area (Å²) >= 11 is 3.17. The molecule has 118 valence electrons. The lowest BCUT2D eigenvalue weighted by atomic mass is 10.2. The number of furan rings is 1. The number of amides is 1. The van der Waals surface area contributed by atoms with Crippen molar-refractivity contribution in [3.8, 4) is 0 Å². The molecule has 0 saturated heterocycles. The molecule has 0 radical (unpaired) electrons. The Hall–Kier alpha value is -2.34. The lowest BCUT2D eigenvalue weighted by Crippen LogP contribution is -2.33. The van der Waals surface area contributed by atoms with Gasteiger partial charge in [0.1, 0.15) is 5.76 Å². The van der Waals surface area contributed by atoms with Gasteiger partial charge in [-0.15, -0.1) is 0 Å². The fourth-order valence-corrected chi connectivity index (χ4v) is 2.74. The number of carbonyl (C=O) groups excluding carboxylic acids is 2. The molecule has 1 aromatic heterocycles. The first-order valence-corrected chi connectivity index (χ1v) is 7.91. The van der Waals surface area contributed by atoms with Crippen LogP contribution in [0, 0.1) is 0 Å². The van der Waals surface area contributed by atoms with Gasteiger partial charge in [-0.3, -0.25) is 4.79 Å². The number of esters is 1. The zero-order valence-electron chi connectivity index (χ0n) is 12.2. The molecule has 0 bridgehead atoms. The van der Waals surface area contributed by atoms with Crippen molar-refractivity contribution in [2.24, 2.45) is 0 Å². The highest BCUT2D eigenvalue weighted by Crippen LogP contribution is 2.27. The molecule has 1 amide bonds. The van der Waals surface area contributed by atoms with Gasteiger partial charge in [0.05, 0.1) is 0 Å². The Kier molecular flexibility index (Phi) is 4.62. The van der Waals surface area contributed by atoms with Crippen molar-refractivity contribution in [2.75, 3.05) is 18.1 Å². The third kappa shape index (κ3) is 3.71. The van der Waals surface area contributed by atoms with Crippen molar-refractivity contribution in [1.82, 2.24) is 0 Å². The smallest absolute Gasteiger partial charge is 0.331 e. The number of hydrogen-bond acceptors (Lipinski definition) is 4. The second kappa shape index (κ2) is 6.83. The average molecular weight is 376 g/mol. The van der Waals surface area contributed by atoms with Crippen LogP contribution in [-0.2, 0) is 20.7 Å². The Morgan fingerprint density at radius 3 is 2.87 bits per heavy atom. The molecule has 0 aliphatic carbocycles. The molecule has 23 heavy (non-hydrogen) atoms. The first-order chi connectivity index (χ1) is 11.1. The number of fused-ring (bicyclic) bond motifs is 1. The highest BCUT2D eigenvalue weighted by atomic mass is 79.9. The highest BCUT2D eigenvalue weighted by Gasteiger charge is 2.24. The van der Waals surface area contributed by atoms with Crippen LogP contribution in [0.5, 0.6) is 0 Å². The summed E-state index contributed by atoms with van der Waals surface area (Å²) in [4.78, 5) is 25.5. The van der Waals surface area contributed by atoms with Crippen molar-refractivity contribution < 1.29 is 18.7 Å². The molecule has 3 rings (SSSR count). The molecule has 0 fully saturated rings. The molecule has 0 unspecified atom stereocenters. The van der Waals surface area contributed by atoms with Gasteiger partial charge < -0.3 is 14.1 Å². The largest absolute Gasteiger partial charge is 0.452 e. The van der Waals surface area contributed by atoms with Crippen LogP contribution in [0.3, 0.4) is 0 Å². The van der Waals surface area contributed by atoms with Crippen LogP contribution in [0.25, 0.3) is 6.08 Å². The number of carbonyl (C=O) groups is 2. The molecule has 0 atom stereocenters. The molecule has 6 heteroatoms. The number of hydrogen-bond donors (Lipinski definition) is 0. The first-order valence-electron chi connectivity index (χ1n) is 7.12. The molecule has 1 aromatic carbocycles. The fourth-order valence-electron chi connectivity index (χ4n) is 2.42. The van der Waals surface area contributed by atoms with Crippen LogP contribution in [0.4, 0.5) is 5.69 Å². The minimum atomic E-state index is -0.585. The van der Waals surface area contributed by atoms with Crippen molar-refractivity contribution >= 4 is 39.6 Å². The van der Waals surface area contributed by atoms with E-state index in [2.05, 4.69) is 15.9 Å². The number of rotatable bonds is 4. The van der Waals surface area contributed by atoms with Gasteiger partial charge in [0.2, 0.25) is 0 Å². The fraction of sp³-hybridized carbons (Fsp3) is 0.176. The number of halogens is 1. The Bertz CT molecular complexity index is 765. The maximum atomic E-state index is 12.2. The zero-order chi connectivity index (χ0) is 16.2. The Balaban J connectivity index is 1.53. The summed E-state index contributed by atoms with van der Waals surface area (Å²) in [6.07, 6.45) is 3.54.